The topological polar surface area (TPSA) is 117 Å². The number of nitrogens with zero attached hydrogens (tertiary/aromatic N) is 2. The molecule has 132 valence electrons. The van der Waals surface area contributed by atoms with Crippen LogP contribution in [0.4, 0.5) is 5.69 Å². The number of nitriles is 1. The predicted molar refractivity (Wildman–Crippen MR) is 97.7 cm³/mol. The number of nitro groups is 1. The summed E-state index contributed by atoms with van der Waals surface area (Å²) >= 11 is 0. The average molecular weight is 360 g/mol. The van der Waals surface area contributed by atoms with Gasteiger partial charge in [0.1, 0.15) is 11.5 Å². The number of hydrogen-bond donors (Lipinski definition) is 1. The molecule has 1 heterocycles. The van der Waals surface area contributed by atoms with Crippen molar-refractivity contribution in [2.24, 2.45) is 0 Å². The van der Waals surface area contributed by atoms with E-state index in [1.165, 1.54) is 36.4 Å². The highest BCUT2D eigenvalue weighted by atomic mass is 16.6. The van der Waals surface area contributed by atoms with Crippen LogP contribution in [0.5, 0.6) is 0 Å². The number of carboxylic acid groups (broad SMARTS) is 1. The Labute approximate surface area is 153 Å². The monoisotopic (exact) mass is 360 g/mol. The van der Waals surface area contributed by atoms with Crippen molar-refractivity contribution in [1.29, 1.82) is 5.26 Å². The molecule has 0 atom stereocenters. The first kappa shape index (κ1) is 17.6. The molecule has 2 aromatic carbocycles. The maximum atomic E-state index is 11.2. The maximum absolute atomic E-state index is 11.2. The zero-order valence-corrected chi connectivity index (χ0v) is 13.8. The zero-order valence-electron chi connectivity index (χ0n) is 13.8. The summed E-state index contributed by atoms with van der Waals surface area (Å²) < 4.78 is 5.65. The van der Waals surface area contributed by atoms with Gasteiger partial charge in [-0.25, -0.2) is 4.79 Å². The number of hydrogen-bond acceptors (Lipinski definition) is 5. The number of furan rings is 1. The molecule has 0 aliphatic heterocycles. The first-order valence-corrected chi connectivity index (χ1v) is 7.79. The third kappa shape index (κ3) is 3.75. The zero-order chi connectivity index (χ0) is 19.4. The molecular formula is C20H12N2O5. The first-order valence-electron chi connectivity index (χ1n) is 7.79. The molecule has 3 aromatic rings. The second-order valence-corrected chi connectivity index (χ2v) is 5.53. The van der Waals surface area contributed by atoms with Crippen LogP contribution in [-0.4, -0.2) is 16.0 Å². The Kier molecular flexibility index (Phi) is 4.82. The number of carboxylic acids is 1. The molecule has 1 N–H and O–H groups in total. The number of allylic oxidation sites excluding steroid dienone is 1. The van der Waals surface area contributed by atoms with Gasteiger partial charge in [-0.3, -0.25) is 10.1 Å². The van der Waals surface area contributed by atoms with Crippen LogP contribution in [0.2, 0.25) is 0 Å². The van der Waals surface area contributed by atoms with Crippen molar-refractivity contribution in [1.82, 2.24) is 0 Å². The van der Waals surface area contributed by atoms with Gasteiger partial charge in [0.05, 0.1) is 27.7 Å². The number of carbonyl (C=O) groups is 1. The van der Waals surface area contributed by atoms with Gasteiger partial charge >= 0.3 is 5.97 Å². The van der Waals surface area contributed by atoms with Crippen LogP contribution >= 0.6 is 0 Å². The molecule has 0 amide bonds. The lowest BCUT2D eigenvalue weighted by Crippen LogP contribution is -1.95. The molecule has 0 aliphatic rings. The van der Waals surface area contributed by atoms with E-state index in [1.807, 2.05) is 6.07 Å². The molecular weight excluding hydrogens is 348 g/mol. The Hall–Kier alpha value is -4.18. The van der Waals surface area contributed by atoms with Crippen LogP contribution in [0.3, 0.4) is 0 Å². The van der Waals surface area contributed by atoms with Crippen LogP contribution in [-0.2, 0) is 0 Å². The molecule has 0 spiro atoms. The predicted octanol–water partition coefficient (Wildman–Crippen LogP) is 4.62. The van der Waals surface area contributed by atoms with E-state index >= 15 is 0 Å². The van der Waals surface area contributed by atoms with Gasteiger partial charge in [-0.05, 0) is 42.0 Å². The lowest BCUT2D eigenvalue weighted by Gasteiger charge is -2.00. The van der Waals surface area contributed by atoms with Crippen molar-refractivity contribution in [3.63, 3.8) is 0 Å². The van der Waals surface area contributed by atoms with E-state index in [-0.39, 0.29) is 16.8 Å². The highest BCUT2D eigenvalue weighted by Crippen LogP contribution is 2.31. The molecule has 7 nitrogen and oxygen atoms in total. The highest BCUT2D eigenvalue weighted by molar-refractivity contribution is 5.91. The molecule has 0 saturated carbocycles. The second-order valence-electron chi connectivity index (χ2n) is 5.53. The molecule has 0 radical (unpaired) electrons. The van der Waals surface area contributed by atoms with Gasteiger partial charge in [0.2, 0.25) is 0 Å². The molecule has 0 fully saturated rings. The van der Waals surface area contributed by atoms with Crippen LogP contribution in [0.15, 0.2) is 65.1 Å². The van der Waals surface area contributed by atoms with Crippen LogP contribution < -0.4 is 0 Å². The molecule has 0 unspecified atom stereocenters. The van der Waals surface area contributed by atoms with Crippen molar-refractivity contribution in [3.05, 3.63) is 87.7 Å². The van der Waals surface area contributed by atoms with Crippen molar-refractivity contribution >= 4 is 23.3 Å². The van der Waals surface area contributed by atoms with Crippen LogP contribution in [0.25, 0.3) is 23.0 Å². The highest BCUT2D eigenvalue weighted by Gasteiger charge is 2.17. The first-order chi connectivity index (χ1) is 13.0. The van der Waals surface area contributed by atoms with Gasteiger partial charge in [-0.15, -0.1) is 0 Å². The van der Waals surface area contributed by atoms with E-state index in [2.05, 4.69) is 0 Å². The van der Waals surface area contributed by atoms with E-state index in [9.17, 15) is 20.2 Å². The number of benzene rings is 2. The fourth-order valence-corrected chi connectivity index (χ4v) is 2.53. The quantitative estimate of drug-likeness (QED) is 0.403. The van der Waals surface area contributed by atoms with E-state index < -0.39 is 10.9 Å². The number of nitro benzene ring substituents is 1. The Morgan fingerprint density at radius 3 is 2.37 bits per heavy atom. The second kappa shape index (κ2) is 7.37. The molecule has 0 aliphatic carbocycles. The summed E-state index contributed by atoms with van der Waals surface area (Å²) in [5.74, 6) is -0.391. The molecule has 0 saturated heterocycles. The number of rotatable bonds is 5. The third-order valence-electron chi connectivity index (χ3n) is 3.84. The van der Waals surface area contributed by atoms with Gasteiger partial charge in [0.15, 0.2) is 0 Å². The third-order valence-corrected chi connectivity index (χ3v) is 3.84. The van der Waals surface area contributed by atoms with Gasteiger partial charge < -0.3 is 9.52 Å². The Morgan fingerprint density at radius 2 is 1.74 bits per heavy atom. The van der Waals surface area contributed by atoms with Gasteiger partial charge in [0, 0.05) is 6.07 Å². The maximum Gasteiger partial charge on any atom is 0.335 e. The average Bonchev–Trinajstić information content (AvgIpc) is 3.14. The van der Waals surface area contributed by atoms with E-state index in [0.29, 0.717) is 22.6 Å². The van der Waals surface area contributed by atoms with Gasteiger partial charge in [-0.2, -0.15) is 5.26 Å². The van der Waals surface area contributed by atoms with Crippen LogP contribution in [0.1, 0.15) is 21.7 Å². The summed E-state index contributed by atoms with van der Waals surface area (Å²) in [6.45, 7) is 0. The summed E-state index contributed by atoms with van der Waals surface area (Å²) in [4.78, 5) is 21.6. The van der Waals surface area contributed by atoms with E-state index in [1.54, 1.807) is 30.3 Å². The standard InChI is InChI=1S/C20H12N2O5/c21-12-15(13-5-7-14(8-6-13)20(23)24)11-16-9-10-19(27-16)17-3-1-2-4-18(17)22(25)26/h1-11H,(H,23,24)/b15-11+. The van der Waals surface area contributed by atoms with Crippen molar-refractivity contribution in [2.45, 2.75) is 0 Å². The lowest BCUT2D eigenvalue weighted by atomic mass is 10.0. The largest absolute Gasteiger partial charge is 0.478 e. The van der Waals surface area contributed by atoms with Gasteiger partial charge in [0.25, 0.3) is 5.69 Å². The van der Waals surface area contributed by atoms with Crippen LogP contribution in [0, 0.1) is 21.4 Å². The van der Waals surface area contributed by atoms with E-state index in [4.69, 9.17) is 9.52 Å². The normalized spacial score (nSPS) is 11.0. The fourth-order valence-electron chi connectivity index (χ4n) is 2.53. The molecule has 1 aromatic heterocycles. The van der Waals surface area contributed by atoms with Crippen molar-refractivity contribution in [2.75, 3.05) is 0 Å². The summed E-state index contributed by atoms with van der Waals surface area (Å²) in [5.41, 5.74) is 1.19. The van der Waals surface area contributed by atoms with E-state index in [0.717, 1.165) is 0 Å². The summed E-state index contributed by atoms with van der Waals surface area (Å²) in [7, 11) is 0. The fraction of sp³-hybridized carbons (Fsp3) is 0. The number of para-hydroxylation sites is 1. The Balaban J connectivity index is 1.95. The number of aromatic carboxylic acids is 1. The molecule has 3 rings (SSSR count). The minimum atomic E-state index is -1.05. The lowest BCUT2D eigenvalue weighted by molar-refractivity contribution is -0.384. The minimum Gasteiger partial charge on any atom is -0.478 e. The Morgan fingerprint density at radius 1 is 1.07 bits per heavy atom. The molecule has 27 heavy (non-hydrogen) atoms. The Bertz CT molecular complexity index is 1090. The molecule has 0 bridgehead atoms. The molecule has 7 heteroatoms. The summed E-state index contributed by atoms with van der Waals surface area (Å²) in [6, 6.07) is 17.3. The van der Waals surface area contributed by atoms with Gasteiger partial charge in [-0.1, -0.05) is 24.3 Å². The van der Waals surface area contributed by atoms with Crippen molar-refractivity contribution in [3.8, 4) is 17.4 Å². The SMILES string of the molecule is N#C/C(=C\c1ccc(-c2ccccc2[N+](=O)[O-])o1)c1ccc(C(=O)O)cc1. The summed E-state index contributed by atoms with van der Waals surface area (Å²) in [6.07, 6.45) is 1.49. The summed E-state index contributed by atoms with van der Waals surface area (Å²) in [5, 5.41) is 29.5. The van der Waals surface area contributed by atoms with Crippen molar-refractivity contribution < 1.29 is 19.2 Å². The minimum absolute atomic E-state index is 0.0767. The smallest absolute Gasteiger partial charge is 0.335 e.